The molecule has 1 aliphatic heterocycles. The first-order valence-electron chi connectivity index (χ1n) is 12.0. The van der Waals surface area contributed by atoms with Crippen LogP contribution in [0.1, 0.15) is 13.3 Å². The van der Waals surface area contributed by atoms with Gasteiger partial charge in [0.25, 0.3) is 0 Å². The van der Waals surface area contributed by atoms with E-state index in [1.54, 1.807) is 30.5 Å². The third kappa shape index (κ3) is 6.25. The van der Waals surface area contributed by atoms with E-state index in [9.17, 15) is 8.42 Å². The molecule has 37 heavy (non-hydrogen) atoms. The number of rotatable bonds is 10. The molecule has 0 unspecified atom stereocenters. The fourth-order valence-electron chi connectivity index (χ4n) is 4.07. The number of anilines is 5. The maximum Gasteiger partial charge on any atom is 0.244 e. The SMILES string of the molecule is CCOc1cc(N2CC[C@H](NC)C2)ccc1Nc1ncc(I)c(Nc2ccccc2S(=O)(=O)N(C)C)n1. The van der Waals surface area contributed by atoms with Gasteiger partial charge in [-0.05, 0) is 67.2 Å². The lowest BCUT2D eigenvalue weighted by Gasteiger charge is -2.21. The average Bonchev–Trinajstić information content (AvgIpc) is 3.37. The van der Waals surface area contributed by atoms with Gasteiger partial charge >= 0.3 is 0 Å². The molecule has 0 saturated carbocycles. The van der Waals surface area contributed by atoms with Gasteiger partial charge in [-0.2, -0.15) is 4.98 Å². The van der Waals surface area contributed by atoms with Gasteiger partial charge in [-0.25, -0.2) is 17.7 Å². The van der Waals surface area contributed by atoms with Gasteiger partial charge in [-0.15, -0.1) is 0 Å². The van der Waals surface area contributed by atoms with Gasteiger partial charge in [0.1, 0.15) is 16.5 Å². The van der Waals surface area contributed by atoms with Crippen LogP contribution in [-0.4, -0.2) is 69.6 Å². The third-order valence-electron chi connectivity index (χ3n) is 6.12. The molecule has 1 aromatic heterocycles. The number of ether oxygens (including phenoxy) is 1. The highest BCUT2D eigenvalue weighted by Crippen LogP contribution is 2.34. The molecule has 2 aromatic carbocycles. The quantitative estimate of drug-likeness (QED) is 0.284. The molecule has 0 radical (unpaired) electrons. The fraction of sp³-hybridized carbons (Fsp3) is 0.360. The van der Waals surface area contributed by atoms with Crippen LogP contribution >= 0.6 is 22.6 Å². The smallest absolute Gasteiger partial charge is 0.244 e. The summed E-state index contributed by atoms with van der Waals surface area (Å²) in [6.07, 6.45) is 2.78. The molecule has 1 saturated heterocycles. The predicted octanol–water partition coefficient (Wildman–Crippen LogP) is 4.02. The maximum atomic E-state index is 12.8. The summed E-state index contributed by atoms with van der Waals surface area (Å²) < 4.78 is 33.5. The summed E-state index contributed by atoms with van der Waals surface area (Å²) in [5.41, 5.74) is 2.29. The zero-order chi connectivity index (χ0) is 26.6. The highest BCUT2D eigenvalue weighted by atomic mass is 127. The molecular formula is C25H32IN7O3S. The van der Waals surface area contributed by atoms with Crippen LogP contribution in [-0.2, 0) is 10.0 Å². The maximum absolute atomic E-state index is 12.8. The van der Waals surface area contributed by atoms with Crippen LogP contribution in [0.4, 0.5) is 28.8 Å². The van der Waals surface area contributed by atoms with Crippen molar-refractivity contribution in [2.24, 2.45) is 0 Å². The van der Waals surface area contributed by atoms with E-state index in [1.807, 2.05) is 26.1 Å². The van der Waals surface area contributed by atoms with E-state index in [4.69, 9.17) is 4.74 Å². The molecule has 1 aliphatic rings. The molecule has 198 valence electrons. The molecule has 10 nitrogen and oxygen atoms in total. The summed E-state index contributed by atoms with van der Waals surface area (Å²) in [5.74, 6) is 1.57. The fourth-order valence-corrected chi connectivity index (χ4v) is 5.51. The second kappa shape index (κ2) is 11.8. The minimum Gasteiger partial charge on any atom is -0.492 e. The van der Waals surface area contributed by atoms with E-state index in [1.165, 1.54) is 18.4 Å². The first-order valence-corrected chi connectivity index (χ1v) is 14.5. The Morgan fingerprint density at radius 2 is 1.95 bits per heavy atom. The second-order valence-electron chi connectivity index (χ2n) is 8.76. The molecule has 0 bridgehead atoms. The molecule has 12 heteroatoms. The highest BCUT2D eigenvalue weighted by molar-refractivity contribution is 14.1. The van der Waals surface area contributed by atoms with Crippen molar-refractivity contribution in [3.8, 4) is 5.75 Å². The molecule has 0 amide bonds. The molecule has 3 N–H and O–H groups in total. The standard InChI is InChI=1S/C25H32IN7O3S/c1-5-36-22-14-18(33-13-12-17(16-33)27-2)10-11-20(22)30-25-28-15-19(26)24(31-25)29-21-8-6-7-9-23(21)37(34,35)32(3)4/h6-11,14-15,17,27H,5,12-13,16H2,1-4H3,(H2,28,29,30,31)/t17-/m0/s1. The topological polar surface area (TPSA) is 112 Å². The van der Waals surface area contributed by atoms with Gasteiger partial charge in [0.05, 0.1) is 21.6 Å². The monoisotopic (exact) mass is 637 g/mol. The van der Waals surface area contributed by atoms with E-state index in [0.717, 1.165) is 34.5 Å². The van der Waals surface area contributed by atoms with Crippen molar-refractivity contribution in [3.63, 3.8) is 0 Å². The molecule has 1 fully saturated rings. The van der Waals surface area contributed by atoms with Crippen molar-refractivity contribution in [1.82, 2.24) is 19.6 Å². The summed E-state index contributed by atoms with van der Waals surface area (Å²) in [5, 5.41) is 9.79. The Hall–Kier alpha value is -2.68. The molecule has 1 atom stereocenters. The van der Waals surface area contributed by atoms with Crippen molar-refractivity contribution in [2.75, 3.05) is 56.4 Å². The zero-order valence-electron chi connectivity index (χ0n) is 21.3. The lowest BCUT2D eigenvalue weighted by molar-refractivity contribution is 0.342. The number of para-hydroxylation sites is 1. The van der Waals surface area contributed by atoms with Gasteiger partial charge < -0.3 is 25.6 Å². The van der Waals surface area contributed by atoms with Crippen LogP contribution in [0, 0.1) is 3.57 Å². The van der Waals surface area contributed by atoms with Gasteiger partial charge in [-0.3, -0.25) is 0 Å². The number of aromatic nitrogens is 2. The molecule has 3 aromatic rings. The van der Waals surface area contributed by atoms with Crippen LogP contribution in [0.5, 0.6) is 5.75 Å². The van der Waals surface area contributed by atoms with Crippen LogP contribution in [0.2, 0.25) is 0 Å². The first-order chi connectivity index (χ1) is 17.7. The van der Waals surface area contributed by atoms with Crippen molar-refractivity contribution in [1.29, 1.82) is 0 Å². The average molecular weight is 638 g/mol. The Morgan fingerprint density at radius 1 is 1.16 bits per heavy atom. The van der Waals surface area contributed by atoms with Crippen LogP contribution < -0.4 is 25.6 Å². The number of benzene rings is 2. The minimum absolute atomic E-state index is 0.167. The Kier molecular flexibility index (Phi) is 8.72. The number of likely N-dealkylation sites (N-methyl/N-ethyl adjacent to an activating group) is 1. The van der Waals surface area contributed by atoms with Gasteiger partial charge in [0, 0.05) is 51.2 Å². The summed E-state index contributed by atoms with van der Waals surface area (Å²) in [4.78, 5) is 11.6. The summed E-state index contributed by atoms with van der Waals surface area (Å²) in [6, 6.07) is 13.3. The highest BCUT2D eigenvalue weighted by Gasteiger charge is 2.23. The van der Waals surface area contributed by atoms with Crippen LogP contribution in [0.3, 0.4) is 0 Å². The molecule has 0 aliphatic carbocycles. The number of nitrogens with zero attached hydrogens (tertiary/aromatic N) is 4. The summed E-state index contributed by atoms with van der Waals surface area (Å²) >= 11 is 2.12. The van der Waals surface area contributed by atoms with E-state index in [2.05, 4.69) is 59.5 Å². The van der Waals surface area contributed by atoms with Gasteiger partial charge in [-0.1, -0.05) is 12.1 Å². The lowest BCUT2D eigenvalue weighted by atomic mass is 10.2. The largest absolute Gasteiger partial charge is 0.492 e. The molecule has 4 rings (SSSR count). The van der Waals surface area contributed by atoms with Crippen LogP contribution in [0.15, 0.2) is 53.6 Å². The molecule has 0 spiro atoms. The van der Waals surface area contributed by atoms with E-state index >= 15 is 0 Å². The number of nitrogens with one attached hydrogen (secondary N) is 3. The zero-order valence-corrected chi connectivity index (χ0v) is 24.3. The van der Waals surface area contributed by atoms with Crippen molar-refractivity contribution in [2.45, 2.75) is 24.3 Å². The van der Waals surface area contributed by atoms with Crippen molar-refractivity contribution in [3.05, 3.63) is 52.2 Å². The molecule has 2 heterocycles. The van der Waals surface area contributed by atoms with E-state index in [0.29, 0.717) is 35.9 Å². The Balaban J connectivity index is 1.60. The van der Waals surface area contributed by atoms with Gasteiger partial charge in [0.2, 0.25) is 16.0 Å². The second-order valence-corrected chi connectivity index (χ2v) is 12.0. The van der Waals surface area contributed by atoms with Crippen LogP contribution in [0.25, 0.3) is 0 Å². The number of hydrogen-bond acceptors (Lipinski definition) is 9. The molecular weight excluding hydrogens is 605 g/mol. The van der Waals surface area contributed by atoms with Gasteiger partial charge in [0.15, 0.2) is 0 Å². The summed E-state index contributed by atoms with van der Waals surface area (Å²) in [6.45, 7) is 4.42. The summed E-state index contributed by atoms with van der Waals surface area (Å²) in [7, 11) is 1.37. The Bertz CT molecular complexity index is 1350. The number of hydrogen-bond donors (Lipinski definition) is 3. The normalized spacial score (nSPS) is 15.7. The van der Waals surface area contributed by atoms with Crippen molar-refractivity contribution < 1.29 is 13.2 Å². The van der Waals surface area contributed by atoms with E-state index in [-0.39, 0.29) is 4.90 Å². The minimum atomic E-state index is -3.64. The first kappa shape index (κ1) is 27.4. The Labute approximate surface area is 232 Å². The predicted molar refractivity (Wildman–Crippen MR) is 156 cm³/mol. The Morgan fingerprint density at radius 3 is 2.65 bits per heavy atom. The third-order valence-corrected chi connectivity index (χ3v) is 8.78. The lowest BCUT2D eigenvalue weighted by Crippen LogP contribution is -2.29. The van der Waals surface area contributed by atoms with E-state index < -0.39 is 10.0 Å². The number of sulfonamides is 1. The number of halogens is 1. The van der Waals surface area contributed by atoms with Crippen molar-refractivity contribution >= 4 is 61.4 Å².